The molecule has 2 heterocycles. The smallest absolute Gasteiger partial charge is 0.194 e. The van der Waals surface area contributed by atoms with E-state index < -0.39 is 9.84 Å². The number of hydrogen-bond donors (Lipinski definition) is 1. The van der Waals surface area contributed by atoms with Gasteiger partial charge in [-0.1, -0.05) is 0 Å². The van der Waals surface area contributed by atoms with E-state index in [1.807, 2.05) is 26.4 Å². The van der Waals surface area contributed by atoms with Gasteiger partial charge >= 0.3 is 0 Å². The van der Waals surface area contributed by atoms with Crippen molar-refractivity contribution in [2.24, 2.45) is 18.0 Å². The van der Waals surface area contributed by atoms with E-state index in [2.05, 4.69) is 39.7 Å². The fourth-order valence-corrected chi connectivity index (χ4v) is 4.59. The summed E-state index contributed by atoms with van der Waals surface area (Å²) in [5, 5.41) is 3.37. The van der Waals surface area contributed by atoms with Gasteiger partial charge in [-0.2, -0.15) is 0 Å². The Balaban J connectivity index is 0.00000288. The summed E-state index contributed by atoms with van der Waals surface area (Å²) in [6.45, 7) is 5.47. The highest BCUT2D eigenvalue weighted by Gasteiger charge is 2.27. The van der Waals surface area contributed by atoms with Crippen LogP contribution < -0.4 is 5.32 Å². The van der Waals surface area contributed by atoms with Crippen LogP contribution in [-0.2, 0) is 23.4 Å². The molecule has 0 bridgehead atoms. The average Bonchev–Trinajstić information content (AvgIpc) is 3.00. The first-order chi connectivity index (χ1) is 10.8. The van der Waals surface area contributed by atoms with Crippen molar-refractivity contribution in [3.8, 4) is 0 Å². The molecule has 8 heteroatoms. The number of halogens is 1. The number of aliphatic imine (C=N–C) groups is 1. The summed E-state index contributed by atoms with van der Waals surface area (Å²) in [5.41, 5.74) is 1.20. The number of nitrogens with one attached hydrogen (secondary N) is 1. The Morgan fingerprint density at radius 3 is 2.71 bits per heavy atom. The van der Waals surface area contributed by atoms with Crippen LogP contribution in [0.5, 0.6) is 0 Å². The molecule has 1 aliphatic heterocycles. The maximum absolute atomic E-state index is 11.6. The van der Waals surface area contributed by atoms with Crippen LogP contribution in [0.2, 0.25) is 0 Å². The normalized spacial score (nSPS) is 20.0. The molecule has 0 radical (unpaired) electrons. The van der Waals surface area contributed by atoms with E-state index in [0.29, 0.717) is 12.3 Å². The molecule has 1 atom stereocenters. The molecule has 1 aromatic rings. The van der Waals surface area contributed by atoms with Crippen LogP contribution in [0.15, 0.2) is 23.3 Å². The topological polar surface area (TPSA) is 66.7 Å². The highest BCUT2D eigenvalue weighted by molar-refractivity contribution is 14.0. The van der Waals surface area contributed by atoms with Gasteiger partial charge in [0.15, 0.2) is 15.8 Å². The summed E-state index contributed by atoms with van der Waals surface area (Å²) in [6.07, 6.45) is 2.75. The molecule has 1 aromatic heterocycles. The van der Waals surface area contributed by atoms with Crippen molar-refractivity contribution < 1.29 is 8.42 Å². The Labute approximate surface area is 162 Å². The molecule has 2 rings (SSSR count). The molecule has 0 spiro atoms. The van der Waals surface area contributed by atoms with Crippen molar-refractivity contribution in [2.75, 3.05) is 25.1 Å². The van der Waals surface area contributed by atoms with E-state index in [1.54, 1.807) is 0 Å². The lowest BCUT2D eigenvalue weighted by atomic mass is 10.1. The van der Waals surface area contributed by atoms with E-state index in [0.717, 1.165) is 18.9 Å². The standard InChI is InChI=1S/C16H28N4O2S.HI/c1-13(2)18-16(17-10-14-7-9-23(21,22)12-14)20(4)11-15-6-5-8-19(15)3;/h5-6,8,13-14H,7,9-12H2,1-4H3,(H,17,18);1H. The van der Waals surface area contributed by atoms with Gasteiger partial charge in [0, 0.05) is 38.6 Å². The highest BCUT2D eigenvalue weighted by Crippen LogP contribution is 2.18. The molecule has 0 aliphatic carbocycles. The third kappa shape index (κ3) is 6.27. The zero-order chi connectivity index (χ0) is 17.0. The quantitative estimate of drug-likeness (QED) is 0.407. The molecule has 1 saturated heterocycles. The number of nitrogens with zero attached hydrogens (tertiary/aromatic N) is 3. The van der Waals surface area contributed by atoms with Crippen molar-refractivity contribution in [2.45, 2.75) is 32.9 Å². The zero-order valence-corrected chi connectivity index (χ0v) is 18.0. The van der Waals surface area contributed by atoms with Crippen molar-refractivity contribution in [1.82, 2.24) is 14.8 Å². The molecule has 1 fully saturated rings. The van der Waals surface area contributed by atoms with Crippen LogP contribution in [-0.4, -0.2) is 55.0 Å². The number of guanidine groups is 1. The van der Waals surface area contributed by atoms with Crippen LogP contribution in [0.3, 0.4) is 0 Å². The minimum atomic E-state index is -2.84. The van der Waals surface area contributed by atoms with E-state index in [4.69, 9.17) is 0 Å². The second kappa shape index (κ2) is 9.07. The number of aryl methyl sites for hydroxylation is 1. The summed E-state index contributed by atoms with van der Waals surface area (Å²) in [6, 6.07) is 4.39. The van der Waals surface area contributed by atoms with Gasteiger partial charge in [-0.3, -0.25) is 4.99 Å². The molecule has 1 unspecified atom stereocenters. The van der Waals surface area contributed by atoms with Crippen LogP contribution in [0.4, 0.5) is 0 Å². The lowest BCUT2D eigenvalue weighted by Gasteiger charge is -2.25. The lowest BCUT2D eigenvalue weighted by molar-refractivity contribution is 0.449. The van der Waals surface area contributed by atoms with Crippen LogP contribution in [0.25, 0.3) is 0 Å². The average molecular weight is 468 g/mol. The van der Waals surface area contributed by atoms with Crippen molar-refractivity contribution in [3.63, 3.8) is 0 Å². The van der Waals surface area contributed by atoms with Crippen molar-refractivity contribution >= 4 is 39.8 Å². The van der Waals surface area contributed by atoms with Crippen molar-refractivity contribution in [3.05, 3.63) is 24.0 Å². The van der Waals surface area contributed by atoms with Crippen LogP contribution >= 0.6 is 24.0 Å². The summed E-state index contributed by atoms with van der Waals surface area (Å²) >= 11 is 0. The van der Waals surface area contributed by atoms with E-state index in [-0.39, 0.29) is 41.7 Å². The van der Waals surface area contributed by atoms with Gasteiger partial charge in [-0.25, -0.2) is 8.42 Å². The Kier molecular flexibility index (Phi) is 8.04. The van der Waals surface area contributed by atoms with Crippen LogP contribution in [0, 0.1) is 5.92 Å². The summed E-state index contributed by atoms with van der Waals surface area (Å²) in [7, 11) is 1.19. The van der Waals surface area contributed by atoms with E-state index in [1.165, 1.54) is 5.69 Å². The summed E-state index contributed by atoms with van der Waals surface area (Å²) in [4.78, 5) is 6.76. The molecule has 1 aliphatic rings. The number of hydrogen-bond acceptors (Lipinski definition) is 3. The first kappa shape index (κ1) is 21.3. The van der Waals surface area contributed by atoms with Crippen molar-refractivity contribution in [1.29, 1.82) is 0 Å². The maximum Gasteiger partial charge on any atom is 0.194 e. The van der Waals surface area contributed by atoms with Gasteiger partial charge in [0.25, 0.3) is 0 Å². The molecule has 24 heavy (non-hydrogen) atoms. The molecule has 6 nitrogen and oxygen atoms in total. The fourth-order valence-electron chi connectivity index (χ4n) is 2.74. The third-order valence-corrected chi connectivity index (χ3v) is 5.89. The zero-order valence-electron chi connectivity index (χ0n) is 14.9. The summed E-state index contributed by atoms with van der Waals surface area (Å²) < 4.78 is 25.2. The Hall–Kier alpha value is -0.770. The third-order valence-electron chi connectivity index (χ3n) is 4.06. The second-order valence-corrected chi connectivity index (χ2v) is 8.93. The monoisotopic (exact) mass is 468 g/mol. The molecule has 1 N–H and O–H groups in total. The SMILES string of the molecule is CC(C)NC(=NCC1CCS(=O)(=O)C1)N(C)Cc1cccn1C.I. The Morgan fingerprint density at radius 1 is 1.50 bits per heavy atom. The largest absolute Gasteiger partial charge is 0.354 e. The number of sulfone groups is 1. The first-order valence-electron chi connectivity index (χ1n) is 8.09. The predicted octanol–water partition coefficient (Wildman–Crippen LogP) is 1.86. The minimum absolute atomic E-state index is 0. The molecular formula is C16H29IN4O2S. The van der Waals surface area contributed by atoms with Gasteiger partial charge in [-0.15, -0.1) is 24.0 Å². The minimum Gasteiger partial charge on any atom is -0.354 e. The first-order valence-corrected chi connectivity index (χ1v) is 9.91. The predicted molar refractivity (Wildman–Crippen MR) is 110 cm³/mol. The Morgan fingerprint density at radius 2 is 2.21 bits per heavy atom. The van der Waals surface area contributed by atoms with Gasteiger partial charge in [0.05, 0.1) is 18.1 Å². The molecule has 0 aromatic carbocycles. The molecule has 0 amide bonds. The van der Waals surface area contributed by atoms with Gasteiger partial charge < -0.3 is 14.8 Å². The fraction of sp³-hybridized carbons (Fsp3) is 0.688. The molecule has 138 valence electrons. The Bertz CT molecular complexity index is 655. The highest BCUT2D eigenvalue weighted by atomic mass is 127. The van der Waals surface area contributed by atoms with Gasteiger partial charge in [-0.05, 0) is 38.3 Å². The number of aromatic nitrogens is 1. The molecular weight excluding hydrogens is 439 g/mol. The van der Waals surface area contributed by atoms with E-state index in [9.17, 15) is 8.42 Å². The maximum atomic E-state index is 11.6. The number of rotatable bonds is 5. The van der Waals surface area contributed by atoms with Gasteiger partial charge in [0.1, 0.15) is 0 Å². The van der Waals surface area contributed by atoms with Gasteiger partial charge in [0.2, 0.25) is 0 Å². The molecule has 0 saturated carbocycles. The van der Waals surface area contributed by atoms with E-state index >= 15 is 0 Å². The van der Waals surface area contributed by atoms with Crippen LogP contribution in [0.1, 0.15) is 26.0 Å². The lowest BCUT2D eigenvalue weighted by Crippen LogP contribution is -2.42. The summed E-state index contributed by atoms with van der Waals surface area (Å²) in [5.74, 6) is 1.55. The second-order valence-electron chi connectivity index (χ2n) is 6.70.